The fourth-order valence-electron chi connectivity index (χ4n) is 5.87. The first-order valence-corrected chi connectivity index (χ1v) is 11.6. The van der Waals surface area contributed by atoms with Crippen molar-refractivity contribution in [2.45, 2.75) is 69.7 Å². The van der Waals surface area contributed by atoms with Crippen LogP contribution in [0.4, 0.5) is 0 Å². The molecule has 0 bridgehead atoms. The first-order chi connectivity index (χ1) is 14.1. The third-order valence-corrected chi connectivity index (χ3v) is 7.58. The van der Waals surface area contributed by atoms with E-state index in [-0.39, 0.29) is 48.1 Å². The largest absolute Gasteiger partial charge is 0.379 e. The van der Waals surface area contributed by atoms with E-state index in [1.54, 1.807) is 0 Å². The lowest BCUT2D eigenvalue weighted by Crippen LogP contribution is -2.59. The maximum absolute atomic E-state index is 12.6. The van der Waals surface area contributed by atoms with Crippen molar-refractivity contribution in [3.63, 3.8) is 0 Å². The topological polar surface area (TPSA) is 79.0 Å². The first-order valence-electron chi connectivity index (χ1n) is 11.6. The Hall–Kier alpha value is -1.47. The molecule has 7 heteroatoms. The number of fused-ring (bicyclic) bond motifs is 1. The van der Waals surface area contributed by atoms with E-state index in [9.17, 15) is 14.4 Å². The molecule has 3 amide bonds. The summed E-state index contributed by atoms with van der Waals surface area (Å²) in [5.41, 5.74) is 0.0336. The van der Waals surface area contributed by atoms with Crippen LogP contribution in [0.3, 0.4) is 0 Å². The monoisotopic (exact) mass is 405 g/mol. The summed E-state index contributed by atoms with van der Waals surface area (Å²) in [4.78, 5) is 41.6. The van der Waals surface area contributed by atoms with Gasteiger partial charge in [0.25, 0.3) is 0 Å². The number of hydrogen-bond donors (Lipinski definition) is 1. The molecule has 4 aliphatic rings. The first kappa shape index (κ1) is 20.8. The normalized spacial score (nSPS) is 30.3. The molecule has 2 saturated carbocycles. The third-order valence-electron chi connectivity index (χ3n) is 7.58. The lowest BCUT2D eigenvalue weighted by atomic mass is 9.79. The van der Waals surface area contributed by atoms with Crippen LogP contribution in [0.5, 0.6) is 0 Å². The number of rotatable bonds is 6. The number of nitrogens with one attached hydrogen (secondary N) is 1. The second kappa shape index (κ2) is 9.13. The minimum Gasteiger partial charge on any atom is -0.379 e. The highest BCUT2D eigenvalue weighted by molar-refractivity contribution is 6.05. The second-order valence-electron chi connectivity index (χ2n) is 9.24. The predicted molar refractivity (Wildman–Crippen MR) is 108 cm³/mol. The molecule has 4 rings (SSSR count). The molecular formula is C22H35N3O4. The van der Waals surface area contributed by atoms with Crippen molar-refractivity contribution in [2.75, 3.05) is 39.4 Å². The predicted octanol–water partition coefficient (Wildman–Crippen LogP) is 1.70. The van der Waals surface area contributed by atoms with Crippen LogP contribution in [0.1, 0.15) is 64.2 Å². The van der Waals surface area contributed by atoms with Gasteiger partial charge in [0.05, 0.1) is 25.0 Å². The Morgan fingerprint density at radius 2 is 1.59 bits per heavy atom. The second-order valence-corrected chi connectivity index (χ2v) is 9.24. The van der Waals surface area contributed by atoms with Crippen LogP contribution in [-0.4, -0.2) is 72.5 Å². The van der Waals surface area contributed by atoms with Gasteiger partial charge in [0.1, 0.15) is 0 Å². The Kier molecular flexibility index (Phi) is 6.54. The maximum Gasteiger partial charge on any atom is 0.233 e. The number of nitrogens with zero attached hydrogens (tertiary/aromatic N) is 2. The van der Waals surface area contributed by atoms with E-state index in [2.05, 4.69) is 10.2 Å². The summed E-state index contributed by atoms with van der Waals surface area (Å²) >= 11 is 0. The summed E-state index contributed by atoms with van der Waals surface area (Å²) in [5.74, 6) is -0.426. The molecular weight excluding hydrogens is 370 g/mol. The zero-order chi connectivity index (χ0) is 20.3. The molecule has 162 valence electrons. The van der Waals surface area contributed by atoms with Crippen LogP contribution >= 0.6 is 0 Å². The zero-order valence-electron chi connectivity index (χ0n) is 17.5. The number of carbonyl (C=O) groups excluding carboxylic acids is 3. The number of ether oxygens (including phenoxy) is 1. The van der Waals surface area contributed by atoms with Gasteiger partial charge in [-0.15, -0.1) is 0 Å². The number of hydrogen-bond acceptors (Lipinski definition) is 5. The van der Waals surface area contributed by atoms with Crippen LogP contribution in [0.2, 0.25) is 0 Å². The van der Waals surface area contributed by atoms with E-state index < -0.39 is 0 Å². The molecule has 1 N–H and O–H groups in total. The molecule has 0 radical (unpaired) electrons. The van der Waals surface area contributed by atoms with Crippen molar-refractivity contribution in [2.24, 2.45) is 11.8 Å². The Labute approximate surface area is 173 Å². The van der Waals surface area contributed by atoms with Crippen LogP contribution in [0.15, 0.2) is 0 Å². The Balaban J connectivity index is 1.29. The third kappa shape index (κ3) is 4.36. The van der Waals surface area contributed by atoms with Crippen molar-refractivity contribution in [3.8, 4) is 0 Å². The Morgan fingerprint density at radius 3 is 2.21 bits per heavy atom. The summed E-state index contributed by atoms with van der Waals surface area (Å²) < 4.78 is 5.52. The fraction of sp³-hybridized carbons (Fsp3) is 0.864. The standard InChI is InChI=1S/C22H35N3O4/c26-19(8-11-25-20(27)17-6-2-3-7-18(17)21(25)28)23-16-22(9-4-1-5-10-22)24-12-14-29-15-13-24/h17-18H,1-16H2,(H,23,26)/t17-,18+. The highest BCUT2D eigenvalue weighted by atomic mass is 16.5. The minimum atomic E-state index is -0.133. The molecule has 2 heterocycles. The number of likely N-dealkylation sites (tertiary alicyclic amines) is 1. The van der Waals surface area contributed by atoms with Gasteiger partial charge in [0, 0.05) is 38.1 Å². The van der Waals surface area contributed by atoms with Gasteiger partial charge < -0.3 is 10.1 Å². The average molecular weight is 406 g/mol. The molecule has 2 aliphatic carbocycles. The molecule has 4 fully saturated rings. The summed E-state index contributed by atoms with van der Waals surface area (Å²) in [6, 6.07) is 0. The highest BCUT2D eigenvalue weighted by Crippen LogP contribution is 2.38. The van der Waals surface area contributed by atoms with E-state index >= 15 is 0 Å². The van der Waals surface area contributed by atoms with Gasteiger partial charge >= 0.3 is 0 Å². The molecule has 2 aliphatic heterocycles. The van der Waals surface area contributed by atoms with Crippen molar-refractivity contribution in [1.82, 2.24) is 15.1 Å². The van der Waals surface area contributed by atoms with Crippen molar-refractivity contribution in [3.05, 3.63) is 0 Å². The smallest absolute Gasteiger partial charge is 0.233 e. The van der Waals surface area contributed by atoms with Crippen molar-refractivity contribution < 1.29 is 19.1 Å². The molecule has 2 atom stereocenters. The quantitative estimate of drug-likeness (QED) is 0.681. The van der Waals surface area contributed by atoms with Crippen LogP contribution < -0.4 is 5.32 Å². The fourth-order valence-corrected chi connectivity index (χ4v) is 5.87. The molecule has 0 aromatic rings. The van der Waals surface area contributed by atoms with Gasteiger partial charge in [0.15, 0.2) is 0 Å². The minimum absolute atomic E-state index is 0.0336. The average Bonchev–Trinajstić information content (AvgIpc) is 3.02. The number of carbonyl (C=O) groups is 3. The molecule has 2 saturated heterocycles. The number of imide groups is 1. The van der Waals surface area contributed by atoms with E-state index in [1.165, 1.54) is 24.2 Å². The van der Waals surface area contributed by atoms with Gasteiger partial charge in [0.2, 0.25) is 17.7 Å². The van der Waals surface area contributed by atoms with Gasteiger partial charge in [-0.25, -0.2) is 0 Å². The molecule has 7 nitrogen and oxygen atoms in total. The van der Waals surface area contributed by atoms with E-state index in [0.717, 1.165) is 64.8 Å². The lowest BCUT2D eigenvalue weighted by molar-refractivity contribution is -0.140. The summed E-state index contributed by atoms with van der Waals surface area (Å²) in [6.07, 6.45) is 9.78. The van der Waals surface area contributed by atoms with Gasteiger partial charge in [-0.1, -0.05) is 32.1 Å². The van der Waals surface area contributed by atoms with Crippen LogP contribution in [0.25, 0.3) is 0 Å². The van der Waals surface area contributed by atoms with Gasteiger partial charge in [-0.3, -0.25) is 24.2 Å². The zero-order valence-corrected chi connectivity index (χ0v) is 17.5. The molecule has 0 unspecified atom stereocenters. The molecule has 0 aromatic heterocycles. The lowest BCUT2D eigenvalue weighted by Gasteiger charge is -2.48. The van der Waals surface area contributed by atoms with Crippen LogP contribution in [0, 0.1) is 11.8 Å². The van der Waals surface area contributed by atoms with Crippen molar-refractivity contribution >= 4 is 17.7 Å². The van der Waals surface area contributed by atoms with Crippen molar-refractivity contribution in [1.29, 1.82) is 0 Å². The van der Waals surface area contributed by atoms with E-state index in [4.69, 9.17) is 4.74 Å². The van der Waals surface area contributed by atoms with E-state index in [0.29, 0.717) is 6.54 Å². The summed E-state index contributed by atoms with van der Waals surface area (Å²) in [5, 5.41) is 3.14. The molecule has 29 heavy (non-hydrogen) atoms. The Morgan fingerprint density at radius 1 is 0.966 bits per heavy atom. The summed E-state index contributed by atoms with van der Waals surface area (Å²) in [7, 11) is 0. The van der Waals surface area contributed by atoms with Gasteiger partial charge in [-0.2, -0.15) is 0 Å². The maximum atomic E-state index is 12.6. The SMILES string of the molecule is O=C(CCN1C(=O)[C@H]2CCCC[C@H]2C1=O)NCC1(N2CCOCC2)CCCCC1. The molecule has 0 aromatic carbocycles. The number of amides is 3. The Bertz CT molecular complexity index is 602. The molecule has 0 spiro atoms. The number of morpholine rings is 1. The van der Waals surface area contributed by atoms with Crippen LogP contribution in [-0.2, 0) is 19.1 Å². The van der Waals surface area contributed by atoms with Gasteiger partial charge in [-0.05, 0) is 25.7 Å². The highest BCUT2D eigenvalue weighted by Gasteiger charge is 2.48. The van der Waals surface area contributed by atoms with E-state index in [1.807, 2.05) is 0 Å². The summed E-state index contributed by atoms with van der Waals surface area (Å²) in [6.45, 7) is 4.25.